The number of rotatable bonds is 5. The molecule has 0 fully saturated rings. The van der Waals surface area contributed by atoms with E-state index in [0.717, 1.165) is 39.5 Å². The highest BCUT2D eigenvalue weighted by Gasteiger charge is 2.17. The van der Waals surface area contributed by atoms with Gasteiger partial charge in [-0.25, -0.2) is 4.98 Å². The van der Waals surface area contributed by atoms with Crippen molar-refractivity contribution >= 4 is 21.9 Å². The Bertz CT molecular complexity index is 1070. The Labute approximate surface area is 153 Å². The first-order valence-corrected chi connectivity index (χ1v) is 9.02. The number of aliphatic hydroxyl groups is 1. The van der Waals surface area contributed by atoms with E-state index in [4.69, 9.17) is 0 Å². The minimum Gasteiger partial charge on any atom is -0.373 e. The van der Waals surface area contributed by atoms with Crippen molar-refractivity contribution in [1.82, 2.24) is 14.5 Å². The highest BCUT2D eigenvalue weighted by Crippen LogP contribution is 2.34. The van der Waals surface area contributed by atoms with E-state index < -0.39 is 6.23 Å². The van der Waals surface area contributed by atoms with Gasteiger partial charge < -0.3 is 9.67 Å². The minimum absolute atomic E-state index is 0.594. The zero-order chi connectivity index (χ0) is 18.1. The summed E-state index contributed by atoms with van der Waals surface area (Å²) in [6.45, 7) is 4.09. The SMILES string of the molecule is C[CH]CC(O)n1cc(CC)c2c(-c3cnc4ccccc4c3)ccnc21. The molecule has 0 aliphatic carbocycles. The van der Waals surface area contributed by atoms with E-state index in [1.54, 1.807) is 0 Å². The second-order valence-electron chi connectivity index (χ2n) is 6.51. The number of hydrogen-bond donors (Lipinski definition) is 1. The fraction of sp³-hybridized carbons (Fsp3) is 0.227. The summed E-state index contributed by atoms with van der Waals surface area (Å²) < 4.78 is 1.88. The molecule has 1 atom stereocenters. The standard InChI is InChI=1S/C22H22N3O/c1-3-7-20(26)25-14-15(4-2)21-18(10-11-23-22(21)25)17-12-16-8-5-6-9-19(16)24-13-17/h3,5-6,8-14,20,26H,4,7H2,1-2H3. The van der Waals surface area contributed by atoms with Crippen LogP contribution in [0.4, 0.5) is 0 Å². The number of hydrogen-bond acceptors (Lipinski definition) is 3. The van der Waals surface area contributed by atoms with Gasteiger partial charge in [0.2, 0.25) is 0 Å². The van der Waals surface area contributed by atoms with Gasteiger partial charge in [-0.2, -0.15) is 0 Å². The van der Waals surface area contributed by atoms with E-state index in [0.29, 0.717) is 6.42 Å². The van der Waals surface area contributed by atoms with Crippen molar-refractivity contribution in [2.45, 2.75) is 32.9 Å². The van der Waals surface area contributed by atoms with Gasteiger partial charge in [-0.05, 0) is 48.6 Å². The predicted octanol–water partition coefficient (Wildman–Crippen LogP) is 4.92. The first kappa shape index (κ1) is 16.7. The third-order valence-electron chi connectivity index (χ3n) is 4.84. The molecule has 0 aliphatic rings. The first-order chi connectivity index (χ1) is 12.7. The zero-order valence-corrected chi connectivity index (χ0v) is 15.1. The predicted molar refractivity (Wildman–Crippen MR) is 106 cm³/mol. The van der Waals surface area contributed by atoms with Crippen LogP contribution in [0.15, 0.2) is 55.0 Å². The molecule has 4 nitrogen and oxygen atoms in total. The van der Waals surface area contributed by atoms with Crippen molar-refractivity contribution < 1.29 is 5.11 Å². The van der Waals surface area contributed by atoms with Crippen LogP contribution >= 0.6 is 0 Å². The Kier molecular flexibility index (Phi) is 4.43. The first-order valence-electron chi connectivity index (χ1n) is 9.02. The van der Waals surface area contributed by atoms with Crippen LogP contribution in [0.5, 0.6) is 0 Å². The number of pyridine rings is 2. The maximum absolute atomic E-state index is 10.5. The molecule has 1 aromatic carbocycles. The van der Waals surface area contributed by atoms with Gasteiger partial charge in [0.25, 0.3) is 0 Å². The minimum atomic E-state index is -0.597. The molecule has 0 saturated heterocycles. The third-order valence-corrected chi connectivity index (χ3v) is 4.84. The van der Waals surface area contributed by atoms with Crippen LogP contribution in [0, 0.1) is 6.42 Å². The van der Waals surface area contributed by atoms with Crippen LogP contribution in [0.2, 0.25) is 0 Å². The Morgan fingerprint density at radius 2 is 2.04 bits per heavy atom. The topological polar surface area (TPSA) is 50.9 Å². The summed E-state index contributed by atoms with van der Waals surface area (Å²) in [7, 11) is 0. The largest absolute Gasteiger partial charge is 0.373 e. The molecule has 1 radical (unpaired) electrons. The highest BCUT2D eigenvalue weighted by atomic mass is 16.3. The molecule has 0 spiro atoms. The lowest BCUT2D eigenvalue weighted by atomic mass is 10.0. The monoisotopic (exact) mass is 344 g/mol. The number of nitrogens with zero attached hydrogens (tertiary/aromatic N) is 3. The molecule has 131 valence electrons. The van der Waals surface area contributed by atoms with Gasteiger partial charge in [-0.15, -0.1) is 0 Å². The van der Waals surface area contributed by atoms with Gasteiger partial charge in [0.15, 0.2) is 0 Å². The van der Waals surface area contributed by atoms with Crippen molar-refractivity contribution in [1.29, 1.82) is 0 Å². The molecule has 0 saturated carbocycles. The van der Waals surface area contributed by atoms with Gasteiger partial charge >= 0.3 is 0 Å². The Hall–Kier alpha value is -2.72. The van der Waals surface area contributed by atoms with E-state index in [9.17, 15) is 5.11 Å². The number of para-hydroxylation sites is 1. The van der Waals surface area contributed by atoms with Gasteiger partial charge in [-0.1, -0.05) is 32.0 Å². The molecule has 0 aliphatic heterocycles. The maximum Gasteiger partial charge on any atom is 0.142 e. The summed E-state index contributed by atoms with van der Waals surface area (Å²) in [4.78, 5) is 9.18. The van der Waals surface area contributed by atoms with Crippen LogP contribution in [0.25, 0.3) is 33.1 Å². The fourth-order valence-electron chi connectivity index (χ4n) is 3.54. The number of aryl methyl sites for hydroxylation is 1. The number of benzene rings is 1. The van der Waals surface area contributed by atoms with Crippen molar-refractivity contribution in [3.63, 3.8) is 0 Å². The van der Waals surface area contributed by atoms with Crippen LogP contribution in [-0.2, 0) is 6.42 Å². The van der Waals surface area contributed by atoms with Crippen molar-refractivity contribution in [3.8, 4) is 11.1 Å². The molecule has 3 heterocycles. The average Bonchev–Trinajstić information content (AvgIpc) is 3.07. The Morgan fingerprint density at radius 3 is 2.85 bits per heavy atom. The van der Waals surface area contributed by atoms with Crippen molar-refractivity contribution in [2.75, 3.05) is 0 Å². The number of aliphatic hydroxyl groups excluding tert-OH is 1. The normalized spacial score (nSPS) is 12.7. The quantitative estimate of drug-likeness (QED) is 0.559. The molecule has 4 aromatic rings. The van der Waals surface area contributed by atoms with E-state index >= 15 is 0 Å². The van der Waals surface area contributed by atoms with E-state index in [-0.39, 0.29) is 0 Å². The van der Waals surface area contributed by atoms with Crippen LogP contribution in [0.1, 0.15) is 32.1 Å². The second-order valence-corrected chi connectivity index (χ2v) is 6.51. The maximum atomic E-state index is 10.5. The van der Waals surface area contributed by atoms with Crippen LogP contribution < -0.4 is 0 Å². The van der Waals surface area contributed by atoms with Crippen LogP contribution in [-0.4, -0.2) is 19.6 Å². The summed E-state index contributed by atoms with van der Waals surface area (Å²) in [5, 5.41) is 12.7. The average molecular weight is 344 g/mol. The van der Waals surface area contributed by atoms with Crippen LogP contribution in [0.3, 0.4) is 0 Å². The lowest BCUT2D eigenvalue weighted by Crippen LogP contribution is -2.07. The van der Waals surface area contributed by atoms with E-state index in [1.165, 1.54) is 5.56 Å². The summed E-state index contributed by atoms with van der Waals surface area (Å²) in [6.07, 6.45) is 8.61. The summed E-state index contributed by atoms with van der Waals surface area (Å²) >= 11 is 0. The molecule has 3 aromatic heterocycles. The van der Waals surface area contributed by atoms with Gasteiger partial charge in [0.05, 0.1) is 5.52 Å². The lowest BCUT2D eigenvalue weighted by molar-refractivity contribution is 0.107. The van der Waals surface area contributed by atoms with E-state index in [1.807, 2.05) is 60.8 Å². The van der Waals surface area contributed by atoms with Gasteiger partial charge in [-0.3, -0.25) is 4.98 Å². The van der Waals surface area contributed by atoms with Crippen molar-refractivity contribution in [2.24, 2.45) is 0 Å². The summed E-state index contributed by atoms with van der Waals surface area (Å²) in [5.41, 5.74) is 5.17. The molecule has 1 unspecified atom stereocenters. The number of aromatic nitrogens is 3. The molecule has 4 rings (SSSR count). The van der Waals surface area contributed by atoms with E-state index in [2.05, 4.69) is 29.0 Å². The smallest absolute Gasteiger partial charge is 0.142 e. The van der Waals surface area contributed by atoms with Gasteiger partial charge in [0, 0.05) is 34.9 Å². The fourth-order valence-corrected chi connectivity index (χ4v) is 3.54. The lowest BCUT2D eigenvalue weighted by Gasteiger charge is -2.12. The molecule has 0 bridgehead atoms. The molecule has 0 amide bonds. The number of fused-ring (bicyclic) bond motifs is 2. The van der Waals surface area contributed by atoms with Crippen molar-refractivity contribution in [3.05, 3.63) is 67.0 Å². The summed E-state index contributed by atoms with van der Waals surface area (Å²) in [6, 6.07) is 12.3. The molecule has 26 heavy (non-hydrogen) atoms. The summed E-state index contributed by atoms with van der Waals surface area (Å²) in [5.74, 6) is 0. The molecular weight excluding hydrogens is 322 g/mol. The molecule has 1 N–H and O–H groups in total. The van der Waals surface area contributed by atoms with Gasteiger partial charge in [0.1, 0.15) is 11.9 Å². The Morgan fingerprint density at radius 1 is 1.19 bits per heavy atom. The Balaban J connectivity index is 1.94. The third kappa shape index (κ3) is 2.76. The molecule has 4 heteroatoms. The zero-order valence-electron chi connectivity index (χ0n) is 15.1. The second kappa shape index (κ2) is 6.89. The molecular formula is C22H22N3O. The highest BCUT2D eigenvalue weighted by molar-refractivity contribution is 5.97.